The summed E-state index contributed by atoms with van der Waals surface area (Å²) in [5.74, 6) is -0.109. The smallest absolute Gasteiger partial charge is 0.276 e. The fourth-order valence-electron chi connectivity index (χ4n) is 2.07. The predicted octanol–water partition coefficient (Wildman–Crippen LogP) is 2.55. The van der Waals surface area contributed by atoms with Crippen LogP contribution in [0.25, 0.3) is 0 Å². The summed E-state index contributed by atoms with van der Waals surface area (Å²) >= 11 is 7.53. The van der Waals surface area contributed by atoms with Gasteiger partial charge in [0.15, 0.2) is 11.5 Å². The van der Waals surface area contributed by atoms with E-state index in [4.69, 9.17) is 17.3 Å². The number of amides is 1. The van der Waals surface area contributed by atoms with Crippen LogP contribution in [0.2, 0.25) is 5.02 Å². The number of carbonyl (C=O) groups is 1. The summed E-state index contributed by atoms with van der Waals surface area (Å²) in [7, 11) is 0. The number of nitrogens with zero attached hydrogens (tertiary/aromatic N) is 3. The normalized spacial score (nSPS) is 10.7. The van der Waals surface area contributed by atoms with Crippen molar-refractivity contribution in [1.82, 2.24) is 20.3 Å². The molecule has 0 fully saturated rings. The Morgan fingerprint density at radius 1 is 1.35 bits per heavy atom. The molecule has 0 bridgehead atoms. The number of thiophene rings is 1. The summed E-state index contributed by atoms with van der Waals surface area (Å²) in [4.78, 5) is 13.2. The van der Waals surface area contributed by atoms with Gasteiger partial charge in [-0.25, -0.2) is 4.68 Å². The van der Waals surface area contributed by atoms with E-state index >= 15 is 0 Å². The molecule has 0 unspecified atom stereocenters. The Hall–Kier alpha value is -2.38. The minimum atomic E-state index is -0.340. The molecule has 0 radical (unpaired) electrons. The molecule has 0 saturated carbocycles. The first-order valence-corrected chi connectivity index (χ1v) is 8.13. The molecule has 23 heavy (non-hydrogen) atoms. The zero-order chi connectivity index (χ0) is 16.2. The van der Waals surface area contributed by atoms with Gasteiger partial charge in [0.1, 0.15) is 0 Å². The first-order valence-electron chi connectivity index (χ1n) is 6.87. The Morgan fingerprint density at radius 3 is 2.96 bits per heavy atom. The molecule has 1 amide bonds. The van der Waals surface area contributed by atoms with Crippen LogP contribution in [-0.4, -0.2) is 20.9 Å². The van der Waals surface area contributed by atoms with Gasteiger partial charge in [0.25, 0.3) is 5.91 Å². The third kappa shape index (κ3) is 3.69. The lowest BCUT2D eigenvalue weighted by molar-refractivity contribution is 0.0947. The zero-order valence-corrected chi connectivity index (χ0v) is 13.6. The van der Waals surface area contributed by atoms with Crippen molar-refractivity contribution in [3.05, 3.63) is 62.9 Å². The Kier molecular flexibility index (Phi) is 4.59. The van der Waals surface area contributed by atoms with Gasteiger partial charge in [-0.15, -0.1) is 16.4 Å². The first kappa shape index (κ1) is 15.5. The van der Waals surface area contributed by atoms with Crippen molar-refractivity contribution in [3.8, 4) is 0 Å². The second-order valence-corrected chi connectivity index (χ2v) is 6.34. The monoisotopic (exact) mass is 347 g/mol. The standard InChI is InChI=1S/C15H14ClN5OS/c16-11-4-1-3-10(7-11)9-21-14(17)13(19-20-21)15(22)18-8-12-5-2-6-23-12/h1-7H,8-9,17H2,(H,18,22). The number of benzene rings is 1. The molecular formula is C15H14ClN5OS. The topological polar surface area (TPSA) is 85.8 Å². The Morgan fingerprint density at radius 2 is 2.22 bits per heavy atom. The zero-order valence-electron chi connectivity index (χ0n) is 12.1. The van der Waals surface area contributed by atoms with Gasteiger partial charge in [0, 0.05) is 9.90 Å². The maximum Gasteiger partial charge on any atom is 0.276 e. The number of hydrogen-bond acceptors (Lipinski definition) is 5. The second kappa shape index (κ2) is 6.80. The lowest BCUT2D eigenvalue weighted by atomic mass is 10.2. The molecule has 8 heteroatoms. The molecule has 3 aromatic rings. The van der Waals surface area contributed by atoms with Crippen molar-refractivity contribution < 1.29 is 4.79 Å². The van der Waals surface area contributed by atoms with Crippen LogP contribution in [0.4, 0.5) is 5.82 Å². The van der Waals surface area contributed by atoms with Crippen LogP contribution in [-0.2, 0) is 13.1 Å². The van der Waals surface area contributed by atoms with Crippen molar-refractivity contribution >= 4 is 34.7 Å². The molecule has 1 aromatic carbocycles. The van der Waals surface area contributed by atoms with Crippen LogP contribution in [0.5, 0.6) is 0 Å². The van der Waals surface area contributed by atoms with E-state index in [1.54, 1.807) is 17.4 Å². The molecule has 6 nitrogen and oxygen atoms in total. The lowest BCUT2D eigenvalue weighted by Gasteiger charge is -2.05. The van der Waals surface area contributed by atoms with E-state index in [1.165, 1.54) is 4.68 Å². The predicted molar refractivity (Wildman–Crippen MR) is 90.5 cm³/mol. The molecule has 3 N–H and O–H groups in total. The maximum absolute atomic E-state index is 12.2. The SMILES string of the molecule is Nc1c(C(=O)NCc2cccs2)nnn1Cc1cccc(Cl)c1. The Bertz CT molecular complexity index is 815. The van der Waals surface area contributed by atoms with Crippen molar-refractivity contribution in [3.63, 3.8) is 0 Å². The van der Waals surface area contributed by atoms with Gasteiger partial charge >= 0.3 is 0 Å². The van der Waals surface area contributed by atoms with Crippen LogP contribution in [0.15, 0.2) is 41.8 Å². The Balaban J connectivity index is 1.69. The van der Waals surface area contributed by atoms with Crippen molar-refractivity contribution in [2.75, 3.05) is 5.73 Å². The van der Waals surface area contributed by atoms with Crippen LogP contribution < -0.4 is 11.1 Å². The number of anilines is 1. The summed E-state index contributed by atoms with van der Waals surface area (Å²) in [6.07, 6.45) is 0. The van der Waals surface area contributed by atoms with Crippen LogP contribution in [0.3, 0.4) is 0 Å². The lowest BCUT2D eigenvalue weighted by Crippen LogP contribution is -2.24. The summed E-state index contributed by atoms with van der Waals surface area (Å²) < 4.78 is 1.48. The van der Waals surface area contributed by atoms with E-state index < -0.39 is 0 Å². The second-order valence-electron chi connectivity index (χ2n) is 4.87. The molecule has 0 aliphatic rings. The quantitative estimate of drug-likeness (QED) is 0.742. The highest BCUT2D eigenvalue weighted by molar-refractivity contribution is 7.09. The highest BCUT2D eigenvalue weighted by Gasteiger charge is 2.17. The average molecular weight is 348 g/mol. The number of nitrogens with two attached hydrogens (primary N) is 1. The number of carbonyl (C=O) groups excluding carboxylic acids is 1. The summed E-state index contributed by atoms with van der Waals surface area (Å²) in [6, 6.07) is 11.2. The summed E-state index contributed by atoms with van der Waals surface area (Å²) in [5, 5.41) is 13.2. The van der Waals surface area contributed by atoms with Crippen molar-refractivity contribution in [2.45, 2.75) is 13.1 Å². The minimum Gasteiger partial charge on any atom is -0.382 e. The fourth-order valence-corrected chi connectivity index (χ4v) is 2.93. The van der Waals surface area contributed by atoms with E-state index in [2.05, 4.69) is 15.6 Å². The molecule has 0 atom stereocenters. The van der Waals surface area contributed by atoms with Gasteiger partial charge < -0.3 is 11.1 Å². The van der Waals surface area contributed by atoms with Gasteiger partial charge in [0.2, 0.25) is 0 Å². The average Bonchev–Trinajstić information content (AvgIpc) is 3.16. The number of halogens is 1. The maximum atomic E-state index is 12.2. The third-order valence-corrected chi connectivity index (χ3v) is 4.32. The van der Waals surface area contributed by atoms with Gasteiger partial charge in [-0.3, -0.25) is 4.79 Å². The van der Waals surface area contributed by atoms with Gasteiger partial charge in [-0.1, -0.05) is 35.0 Å². The van der Waals surface area contributed by atoms with Crippen LogP contribution in [0.1, 0.15) is 20.9 Å². The summed E-state index contributed by atoms with van der Waals surface area (Å²) in [5.41, 5.74) is 7.04. The molecule has 2 aromatic heterocycles. The van der Waals surface area contributed by atoms with Crippen LogP contribution in [0, 0.1) is 0 Å². The highest BCUT2D eigenvalue weighted by Crippen LogP contribution is 2.15. The van der Waals surface area contributed by atoms with Gasteiger partial charge in [-0.2, -0.15) is 0 Å². The molecule has 0 aliphatic heterocycles. The number of nitrogen functional groups attached to an aromatic ring is 1. The van der Waals surface area contributed by atoms with Gasteiger partial charge in [-0.05, 0) is 29.1 Å². The van der Waals surface area contributed by atoms with E-state index in [-0.39, 0.29) is 17.4 Å². The highest BCUT2D eigenvalue weighted by atomic mass is 35.5. The number of hydrogen-bond donors (Lipinski definition) is 2. The first-order chi connectivity index (χ1) is 11.1. The molecule has 2 heterocycles. The molecule has 0 spiro atoms. The van der Waals surface area contributed by atoms with Crippen molar-refractivity contribution in [2.24, 2.45) is 0 Å². The number of aromatic nitrogens is 3. The Labute approximate surface area is 141 Å². The molecule has 3 rings (SSSR count). The van der Waals surface area contributed by atoms with Crippen molar-refractivity contribution in [1.29, 1.82) is 0 Å². The molecule has 0 saturated heterocycles. The fraction of sp³-hybridized carbons (Fsp3) is 0.133. The van der Waals surface area contributed by atoms with Crippen LogP contribution >= 0.6 is 22.9 Å². The number of nitrogens with one attached hydrogen (secondary N) is 1. The van der Waals surface area contributed by atoms with Gasteiger partial charge in [0.05, 0.1) is 13.1 Å². The molecular weight excluding hydrogens is 334 g/mol. The largest absolute Gasteiger partial charge is 0.382 e. The minimum absolute atomic E-state index is 0.128. The van der Waals surface area contributed by atoms with E-state index in [0.29, 0.717) is 18.1 Å². The van der Waals surface area contributed by atoms with E-state index in [9.17, 15) is 4.79 Å². The molecule has 0 aliphatic carbocycles. The van der Waals surface area contributed by atoms with E-state index in [1.807, 2.05) is 35.7 Å². The van der Waals surface area contributed by atoms with E-state index in [0.717, 1.165) is 10.4 Å². The third-order valence-electron chi connectivity index (χ3n) is 3.21. The summed E-state index contributed by atoms with van der Waals surface area (Å²) in [6.45, 7) is 0.842. The number of rotatable bonds is 5. The molecule has 118 valence electrons.